The number of nitrogens with one attached hydrogen (secondary N) is 1. The number of anilines is 1. The molecule has 1 aliphatic carbocycles. The number of hydrogen-bond acceptors (Lipinski definition) is 11. The molecule has 1 saturated carbocycles. The smallest absolute Gasteiger partial charge is 0.245 e. The molecular weight excluding hydrogens is 574 g/mol. The van der Waals surface area contributed by atoms with Gasteiger partial charge in [0.05, 0.1) is 25.3 Å². The number of halogens is 3. The van der Waals surface area contributed by atoms with Gasteiger partial charge in [-0.15, -0.1) is 10.2 Å². The first-order valence-electron chi connectivity index (χ1n) is 12.3. The second-order valence-electron chi connectivity index (χ2n) is 9.36. The highest BCUT2D eigenvalue weighted by atomic mass is 35.5. The standard InChI is InChI=1S/C23H29ClF2N8O5S/c1-11(2)39-17(19-27-8-13(24)9-28-19)12(3)40(35,36)33-23-32-31-20(15-7-6-14(15)18(25)26)34(23)16-21(37-4)29-10-30-22(16)38-5/h8-12,14-15,17-18H,6-7H2,1-5H3,(H,32,33)/t12-,14?,15-,17+/m0/s1. The molecule has 0 amide bonds. The summed E-state index contributed by atoms with van der Waals surface area (Å²) in [6, 6.07) is 0. The van der Waals surface area contributed by atoms with Gasteiger partial charge in [-0.3, -0.25) is 9.29 Å². The Morgan fingerprint density at radius 1 is 1.02 bits per heavy atom. The van der Waals surface area contributed by atoms with Gasteiger partial charge in [0.2, 0.25) is 34.2 Å². The molecule has 3 aromatic heterocycles. The van der Waals surface area contributed by atoms with Gasteiger partial charge < -0.3 is 14.2 Å². The van der Waals surface area contributed by atoms with Crippen LogP contribution in [0.2, 0.25) is 5.02 Å². The summed E-state index contributed by atoms with van der Waals surface area (Å²) < 4.78 is 75.2. The molecule has 4 atom stereocenters. The van der Waals surface area contributed by atoms with Crippen molar-refractivity contribution >= 4 is 27.6 Å². The molecule has 4 rings (SSSR count). The number of sulfonamides is 1. The molecule has 1 fully saturated rings. The van der Waals surface area contributed by atoms with Crippen LogP contribution in [0, 0.1) is 5.92 Å². The van der Waals surface area contributed by atoms with Crippen LogP contribution in [-0.4, -0.2) is 75.1 Å². The van der Waals surface area contributed by atoms with Gasteiger partial charge in [-0.1, -0.05) is 11.6 Å². The fourth-order valence-electron chi connectivity index (χ4n) is 4.34. The van der Waals surface area contributed by atoms with Gasteiger partial charge in [0.25, 0.3) is 0 Å². The minimum absolute atomic E-state index is 0.00935. The summed E-state index contributed by atoms with van der Waals surface area (Å²) in [6.07, 6.45) is 0.455. The fraction of sp³-hybridized carbons (Fsp3) is 0.565. The number of aromatic nitrogens is 7. The van der Waals surface area contributed by atoms with E-state index >= 15 is 0 Å². The SMILES string of the molecule is COc1ncnc(OC)c1-n1c(NS(=O)(=O)[C@@H](C)[C@@H](OC(C)C)c2ncc(Cl)cn2)nnc1[C@H]1CCC1C(F)F. The number of alkyl halides is 2. The summed E-state index contributed by atoms with van der Waals surface area (Å²) in [7, 11) is -1.62. The van der Waals surface area contributed by atoms with E-state index in [1.807, 2.05) is 0 Å². The number of nitrogens with zero attached hydrogens (tertiary/aromatic N) is 7. The Morgan fingerprint density at radius 2 is 1.65 bits per heavy atom. The van der Waals surface area contributed by atoms with Crippen LogP contribution in [-0.2, 0) is 14.8 Å². The van der Waals surface area contributed by atoms with Crippen LogP contribution in [0.3, 0.4) is 0 Å². The second kappa shape index (κ2) is 12.1. The van der Waals surface area contributed by atoms with Crippen molar-refractivity contribution in [2.75, 3.05) is 18.9 Å². The average Bonchev–Trinajstić information content (AvgIpc) is 3.26. The quantitative estimate of drug-likeness (QED) is 0.323. The van der Waals surface area contributed by atoms with E-state index in [4.69, 9.17) is 25.8 Å². The summed E-state index contributed by atoms with van der Waals surface area (Å²) in [6.45, 7) is 4.90. The van der Waals surface area contributed by atoms with Crippen LogP contribution < -0.4 is 14.2 Å². The summed E-state index contributed by atoms with van der Waals surface area (Å²) in [5.41, 5.74) is 0.0498. The molecule has 13 nitrogen and oxygen atoms in total. The maximum atomic E-state index is 13.7. The lowest BCUT2D eigenvalue weighted by Gasteiger charge is -2.35. The molecule has 3 heterocycles. The maximum absolute atomic E-state index is 13.7. The van der Waals surface area contributed by atoms with Crippen LogP contribution in [0.1, 0.15) is 57.3 Å². The van der Waals surface area contributed by atoms with Gasteiger partial charge in [-0.2, -0.15) is 9.97 Å². The zero-order valence-electron chi connectivity index (χ0n) is 22.3. The lowest BCUT2D eigenvalue weighted by molar-refractivity contribution is 0.00153. The molecular formula is C23H29ClF2N8O5S. The number of ether oxygens (including phenoxy) is 3. The molecule has 0 aromatic carbocycles. The van der Waals surface area contributed by atoms with Crippen molar-refractivity contribution in [2.45, 2.75) is 63.4 Å². The second-order valence-corrected chi connectivity index (χ2v) is 11.8. The van der Waals surface area contributed by atoms with Gasteiger partial charge in [0.1, 0.15) is 23.5 Å². The average molecular weight is 603 g/mol. The highest BCUT2D eigenvalue weighted by Gasteiger charge is 2.44. The van der Waals surface area contributed by atoms with Crippen LogP contribution in [0.15, 0.2) is 18.7 Å². The Bertz CT molecular complexity index is 1400. The van der Waals surface area contributed by atoms with E-state index < -0.39 is 39.6 Å². The summed E-state index contributed by atoms with van der Waals surface area (Å²) in [4.78, 5) is 16.4. The first kappa shape index (κ1) is 29.7. The van der Waals surface area contributed by atoms with E-state index in [2.05, 4.69) is 34.9 Å². The largest absolute Gasteiger partial charge is 0.479 e. The van der Waals surface area contributed by atoms with E-state index in [1.165, 1.54) is 44.4 Å². The molecule has 17 heteroatoms. The summed E-state index contributed by atoms with van der Waals surface area (Å²) >= 11 is 5.91. The molecule has 1 aliphatic rings. The van der Waals surface area contributed by atoms with Crippen molar-refractivity contribution < 1.29 is 31.4 Å². The zero-order valence-corrected chi connectivity index (χ0v) is 23.9. The Kier molecular flexibility index (Phi) is 8.99. The van der Waals surface area contributed by atoms with Gasteiger partial charge in [-0.05, 0) is 33.6 Å². The van der Waals surface area contributed by atoms with Gasteiger partial charge >= 0.3 is 0 Å². The predicted octanol–water partition coefficient (Wildman–Crippen LogP) is 3.57. The number of hydrogen-bond donors (Lipinski definition) is 1. The highest BCUT2D eigenvalue weighted by Crippen LogP contribution is 2.47. The van der Waals surface area contributed by atoms with E-state index in [0.29, 0.717) is 6.42 Å². The van der Waals surface area contributed by atoms with Gasteiger partial charge in [-0.25, -0.2) is 27.2 Å². The Balaban J connectivity index is 1.80. The van der Waals surface area contributed by atoms with E-state index in [9.17, 15) is 17.2 Å². The molecule has 0 spiro atoms. The highest BCUT2D eigenvalue weighted by molar-refractivity contribution is 7.93. The summed E-state index contributed by atoms with van der Waals surface area (Å²) in [5, 5.41) is 7.17. The molecule has 0 radical (unpaired) electrons. The lowest BCUT2D eigenvalue weighted by Crippen LogP contribution is -2.35. The predicted molar refractivity (Wildman–Crippen MR) is 140 cm³/mol. The lowest BCUT2D eigenvalue weighted by atomic mass is 9.73. The number of methoxy groups -OCH3 is 2. The van der Waals surface area contributed by atoms with E-state index in [1.54, 1.807) is 13.8 Å². The van der Waals surface area contributed by atoms with Crippen molar-refractivity contribution in [2.24, 2.45) is 5.92 Å². The molecule has 0 bridgehead atoms. The fourth-order valence-corrected chi connectivity index (χ4v) is 5.52. The Morgan fingerprint density at radius 3 is 2.15 bits per heavy atom. The zero-order chi connectivity index (χ0) is 29.2. The van der Waals surface area contributed by atoms with Crippen LogP contribution in [0.25, 0.3) is 5.69 Å². The third-order valence-corrected chi connectivity index (χ3v) is 8.39. The number of rotatable bonds is 12. The third-order valence-electron chi connectivity index (χ3n) is 6.50. The van der Waals surface area contributed by atoms with Gasteiger partial charge in [0.15, 0.2) is 11.5 Å². The molecule has 1 N–H and O–H groups in total. The normalized spacial score (nSPS) is 18.9. The van der Waals surface area contributed by atoms with Crippen molar-refractivity contribution in [1.29, 1.82) is 0 Å². The van der Waals surface area contributed by atoms with Crippen molar-refractivity contribution in [3.8, 4) is 17.4 Å². The summed E-state index contributed by atoms with van der Waals surface area (Å²) in [5.74, 6) is -1.82. The van der Waals surface area contributed by atoms with Crippen LogP contribution >= 0.6 is 11.6 Å². The topological polar surface area (TPSA) is 156 Å². The molecule has 3 aromatic rings. The first-order chi connectivity index (χ1) is 19.0. The van der Waals surface area contributed by atoms with Crippen LogP contribution in [0.5, 0.6) is 11.8 Å². The van der Waals surface area contributed by atoms with Crippen molar-refractivity contribution in [1.82, 2.24) is 34.7 Å². The molecule has 0 aliphatic heterocycles. The van der Waals surface area contributed by atoms with E-state index in [0.717, 1.165) is 0 Å². The molecule has 40 heavy (non-hydrogen) atoms. The minimum Gasteiger partial charge on any atom is -0.479 e. The van der Waals surface area contributed by atoms with Crippen molar-refractivity contribution in [3.05, 3.63) is 35.4 Å². The van der Waals surface area contributed by atoms with Gasteiger partial charge in [0, 0.05) is 24.2 Å². The molecule has 0 saturated heterocycles. The molecule has 218 valence electrons. The van der Waals surface area contributed by atoms with Crippen molar-refractivity contribution in [3.63, 3.8) is 0 Å². The Hall–Kier alpha value is -3.24. The Labute approximate surface area is 234 Å². The third kappa shape index (κ3) is 5.93. The first-order valence-corrected chi connectivity index (χ1v) is 14.2. The van der Waals surface area contributed by atoms with Crippen LogP contribution in [0.4, 0.5) is 14.7 Å². The molecule has 1 unspecified atom stereocenters. The monoisotopic (exact) mass is 602 g/mol. The minimum atomic E-state index is -4.30. The maximum Gasteiger partial charge on any atom is 0.245 e. The van der Waals surface area contributed by atoms with E-state index in [-0.39, 0.29) is 52.6 Å².